The predicted molar refractivity (Wildman–Crippen MR) is 117 cm³/mol. The van der Waals surface area contributed by atoms with Gasteiger partial charge in [-0.3, -0.25) is 9.59 Å². The van der Waals surface area contributed by atoms with Crippen LogP contribution in [0.1, 0.15) is 42.1 Å². The summed E-state index contributed by atoms with van der Waals surface area (Å²) in [5.41, 5.74) is 3.54. The smallest absolute Gasteiger partial charge is 0.295 e. The molecular formula is C25H27NO5. The summed E-state index contributed by atoms with van der Waals surface area (Å²) < 4.78 is 10.9. The quantitative estimate of drug-likeness (QED) is 0.438. The first-order chi connectivity index (χ1) is 14.9. The highest BCUT2D eigenvalue weighted by Crippen LogP contribution is 2.40. The molecule has 1 amide bonds. The van der Waals surface area contributed by atoms with E-state index in [1.54, 1.807) is 19.2 Å². The van der Waals surface area contributed by atoms with Crippen molar-refractivity contribution in [3.63, 3.8) is 0 Å². The van der Waals surface area contributed by atoms with Crippen molar-refractivity contribution in [3.05, 3.63) is 70.3 Å². The summed E-state index contributed by atoms with van der Waals surface area (Å²) in [4.78, 5) is 27.3. The van der Waals surface area contributed by atoms with Gasteiger partial charge >= 0.3 is 0 Å². The largest absolute Gasteiger partial charge is 0.507 e. The maximum absolute atomic E-state index is 13.0. The number of likely N-dealkylation sites (tertiary alicyclic amines) is 1. The molecule has 2 atom stereocenters. The standard InChI is InChI=1S/C25H27NO5/c1-4-16-5-7-17(8-6-16)22-21(24(28)25(29)26(22)11-12-30-3)23(27)18-9-10-20-19(14-18)13-15(2)31-20/h5-10,14-15,22,27H,4,11-13H2,1-3H3/t15-,22-/m1/s1. The normalized spacial score (nSPS) is 22.0. The lowest BCUT2D eigenvalue weighted by Crippen LogP contribution is -2.32. The Morgan fingerprint density at radius 1 is 1.19 bits per heavy atom. The van der Waals surface area contributed by atoms with Gasteiger partial charge in [0.25, 0.3) is 11.7 Å². The van der Waals surface area contributed by atoms with Gasteiger partial charge in [-0.25, -0.2) is 0 Å². The second-order valence-corrected chi connectivity index (χ2v) is 8.04. The monoisotopic (exact) mass is 421 g/mol. The van der Waals surface area contributed by atoms with Gasteiger partial charge in [-0.05, 0) is 48.2 Å². The fourth-order valence-electron chi connectivity index (χ4n) is 4.31. The lowest BCUT2D eigenvalue weighted by molar-refractivity contribution is -0.140. The van der Waals surface area contributed by atoms with Crippen LogP contribution >= 0.6 is 0 Å². The van der Waals surface area contributed by atoms with Gasteiger partial charge in [-0.15, -0.1) is 0 Å². The summed E-state index contributed by atoms with van der Waals surface area (Å²) in [5, 5.41) is 11.2. The van der Waals surface area contributed by atoms with Crippen LogP contribution in [0.5, 0.6) is 5.75 Å². The van der Waals surface area contributed by atoms with Crippen molar-refractivity contribution >= 4 is 17.4 Å². The van der Waals surface area contributed by atoms with E-state index < -0.39 is 17.7 Å². The van der Waals surface area contributed by atoms with Crippen molar-refractivity contribution in [1.82, 2.24) is 4.90 Å². The minimum atomic E-state index is -0.678. The summed E-state index contributed by atoms with van der Waals surface area (Å²) in [6.07, 6.45) is 1.70. The Bertz CT molecular complexity index is 1040. The number of methoxy groups -OCH3 is 1. The predicted octanol–water partition coefficient (Wildman–Crippen LogP) is 3.64. The minimum absolute atomic E-state index is 0.0732. The molecular weight excluding hydrogens is 394 g/mol. The van der Waals surface area contributed by atoms with E-state index in [2.05, 4.69) is 6.92 Å². The van der Waals surface area contributed by atoms with Gasteiger partial charge in [-0.2, -0.15) is 0 Å². The molecule has 2 aliphatic heterocycles. The van der Waals surface area contributed by atoms with Crippen LogP contribution in [-0.4, -0.2) is 48.1 Å². The van der Waals surface area contributed by atoms with Crippen LogP contribution in [0.15, 0.2) is 48.0 Å². The van der Waals surface area contributed by atoms with Gasteiger partial charge in [0.1, 0.15) is 17.6 Å². The number of carbonyl (C=O) groups is 2. The van der Waals surface area contributed by atoms with Crippen LogP contribution < -0.4 is 4.74 Å². The van der Waals surface area contributed by atoms with Crippen molar-refractivity contribution in [1.29, 1.82) is 0 Å². The van der Waals surface area contributed by atoms with Crippen LogP contribution in [0.25, 0.3) is 5.76 Å². The zero-order valence-electron chi connectivity index (χ0n) is 18.1. The van der Waals surface area contributed by atoms with E-state index in [9.17, 15) is 14.7 Å². The van der Waals surface area contributed by atoms with E-state index in [1.807, 2.05) is 37.3 Å². The van der Waals surface area contributed by atoms with Gasteiger partial charge in [0, 0.05) is 25.6 Å². The molecule has 0 bridgehead atoms. The third kappa shape index (κ3) is 3.83. The van der Waals surface area contributed by atoms with E-state index in [4.69, 9.17) is 9.47 Å². The summed E-state index contributed by atoms with van der Waals surface area (Å²) in [6.45, 7) is 4.61. The van der Waals surface area contributed by atoms with E-state index in [0.717, 1.165) is 35.3 Å². The highest BCUT2D eigenvalue weighted by Gasteiger charge is 2.45. The van der Waals surface area contributed by atoms with Crippen molar-refractivity contribution in [3.8, 4) is 5.75 Å². The average molecular weight is 421 g/mol. The summed E-state index contributed by atoms with van der Waals surface area (Å²) in [7, 11) is 1.55. The number of carbonyl (C=O) groups excluding carboxylic acids is 2. The molecule has 162 valence electrons. The molecule has 2 aromatic carbocycles. The number of hydrogen-bond acceptors (Lipinski definition) is 5. The second-order valence-electron chi connectivity index (χ2n) is 8.04. The number of rotatable bonds is 6. The van der Waals surface area contributed by atoms with Crippen molar-refractivity contribution in [2.45, 2.75) is 38.8 Å². The van der Waals surface area contributed by atoms with Crippen molar-refractivity contribution in [2.75, 3.05) is 20.3 Å². The number of benzene rings is 2. The van der Waals surface area contributed by atoms with Gasteiger partial charge < -0.3 is 19.5 Å². The van der Waals surface area contributed by atoms with E-state index in [-0.39, 0.29) is 24.0 Å². The maximum atomic E-state index is 13.0. The first kappa shape index (κ1) is 21.1. The second kappa shape index (κ2) is 8.55. The molecule has 0 spiro atoms. The van der Waals surface area contributed by atoms with Crippen LogP contribution in [0.3, 0.4) is 0 Å². The Morgan fingerprint density at radius 3 is 2.61 bits per heavy atom. The zero-order chi connectivity index (χ0) is 22.1. The molecule has 31 heavy (non-hydrogen) atoms. The lowest BCUT2D eigenvalue weighted by Gasteiger charge is -2.25. The van der Waals surface area contributed by atoms with Crippen LogP contribution in [-0.2, 0) is 27.2 Å². The third-order valence-electron chi connectivity index (χ3n) is 5.95. The summed E-state index contributed by atoms with van der Waals surface area (Å²) >= 11 is 0. The topological polar surface area (TPSA) is 76.1 Å². The molecule has 2 heterocycles. The molecule has 0 aromatic heterocycles. The first-order valence-electron chi connectivity index (χ1n) is 10.6. The number of aliphatic hydroxyl groups is 1. The number of aliphatic hydroxyl groups excluding tert-OH is 1. The molecule has 4 rings (SSSR count). The van der Waals surface area contributed by atoms with Gasteiger partial charge in [0.05, 0.1) is 18.2 Å². The Kier molecular flexibility index (Phi) is 5.83. The SMILES string of the molecule is CCc1ccc([C@@H]2C(=C(O)c3ccc4c(c3)C[C@@H](C)O4)C(=O)C(=O)N2CCOC)cc1. The van der Waals surface area contributed by atoms with Gasteiger partial charge in [-0.1, -0.05) is 31.2 Å². The molecule has 0 unspecified atom stereocenters. The minimum Gasteiger partial charge on any atom is -0.507 e. The number of aryl methyl sites for hydroxylation is 1. The molecule has 2 aliphatic rings. The molecule has 1 N–H and O–H groups in total. The Labute approximate surface area is 182 Å². The van der Waals surface area contributed by atoms with Gasteiger partial charge in [0.15, 0.2) is 0 Å². The molecule has 0 saturated carbocycles. The molecule has 0 radical (unpaired) electrons. The highest BCUT2D eigenvalue weighted by atomic mass is 16.5. The molecule has 0 aliphatic carbocycles. The average Bonchev–Trinajstić information content (AvgIpc) is 3.27. The number of ether oxygens (including phenoxy) is 2. The van der Waals surface area contributed by atoms with Crippen LogP contribution in [0.4, 0.5) is 0 Å². The maximum Gasteiger partial charge on any atom is 0.295 e. The zero-order valence-corrected chi connectivity index (χ0v) is 18.1. The van der Waals surface area contributed by atoms with E-state index >= 15 is 0 Å². The lowest BCUT2D eigenvalue weighted by atomic mass is 9.93. The number of fused-ring (bicyclic) bond motifs is 1. The van der Waals surface area contributed by atoms with E-state index in [1.165, 1.54) is 4.90 Å². The van der Waals surface area contributed by atoms with E-state index in [0.29, 0.717) is 12.2 Å². The number of nitrogens with zero attached hydrogens (tertiary/aromatic N) is 1. The molecule has 6 nitrogen and oxygen atoms in total. The molecule has 1 fully saturated rings. The number of amides is 1. The highest BCUT2D eigenvalue weighted by molar-refractivity contribution is 6.46. The fraction of sp³-hybridized carbons (Fsp3) is 0.360. The number of ketones is 1. The first-order valence-corrected chi connectivity index (χ1v) is 10.6. The Balaban J connectivity index is 1.81. The molecule has 2 aromatic rings. The summed E-state index contributed by atoms with van der Waals surface area (Å²) in [5.74, 6) is -0.675. The van der Waals surface area contributed by atoms with Crippen LogP contribution in [0, 0.1) is 0 Å². The Morgan fingerprint density at radius 2 is 1.94 bits per heavy atom. The van der Waals surface area contributed by atoms with Gasteiger partial charge in [0.2, 0.25) is 0 Å². The number of hydrogen-bond donors (Lipinski definition) is 1. The molecule has 6 heteroatoms. The third-order valence-corrected chi connectivity index (χ3v) is 5.95. The summed E-state index contributed by atoms with van der Waals surface area (Å²) in [6, 6.07) is 12.5. The van der Waals surface area contributed by atoms with Crippen LogP contribution in [0.2, 0.25) is 0 Å². The number of Topliss-reactive ketones (excluding diaryl/α,β-unsaturated/α-hetero) is 1. The van der Waals surface area contributed by atoms with Crippen molar-refractivity contribution in [2.24, 2.45) is 0 Å². The fourth-order valence-corrected chi connectivity index (χ4v) is 4.31. The molecule has 1 saturated heterocycles. The van der Waals surface area contributed by atoms with Crippen molar-refractivity contribution < 1.29 is 24.2 Å². The Hall–Kier alpha value is -3.12.